The molecule has 1 aromatic heterocycles. The summed E-state index contributed by atoms with van der Waals surface area (Å²) in [6.07, 6.45) is 3.86. The first kappa shape index (κ1) is 24.2. The van der Waals surface area contributed by atoms with Crippen molar-refractivity contribution in [3.05, 3.63) is 66.4 Å². The number of aliphatic imine (C=N–C) groups is 1. The van der Waals surface area contributed by atoms with Gasteiger partial charge in [0.2, 0.25) is 10.0 Å². The number of benzene rings is 2. The van der Waals surface area contributed by atoms with Gasteiger partial charge in [-0.05, 0) is 48.1 Å². The maximum Gasteiger partial charge on any atom is 0.238 e. The van der Waals surface area contributed by atoms with E-state index in [1.165, 1.54) is 23.0 Å². The molecule has 0 unspecified atom stereocenters. The first-order chi connectivity index (χ1) is 14.0. The maximum atomic E-state index is 11.3. The van der Waals surface area contributed by atoms with Crippen LogP contribution in [0.15, 0.2) is 70.7 Å². The number of guanidine groups is 1. The Morgan fingerprint density at radius 2 is 1.73 bits per heavy atom. The van der Waals surface area contributed by atoms with E-state index < -0.39 is 10.0 Å². The summed E-state index contributed by atoms with van der Waals surface area (Å²) in [4.78, 5) is 4.37. The number of fused-ring (bicyclic) bond motifs is 1. The Kier molecular flexibility index (Phi) is 9.12. The van der Waals surface area contributed by atoms with Crippen LogP contribution in [0.1, 0.15) is 12.0 Å². The third kappa shape index (κ3) is 6.71. The number of hydrogen-bond acceptors (Lipinski definition) is 3. The first-order valence-corrected chi connectivity index (χ1v) is 11.1. The molecule has 0 aliphatic rings. The fourth-order valence-corrected chi connectivity index (χ4v) is 3.70. The van der Waals surface area contributed by atoms with Gasteiger partial charge in [0.05, 0.1) is 4.90 Å². The zero-order valence-electron chi connectivity index (χ0n) is 16.9. The molecule has 4 N–H and O–H groups in total. The largest absolute Gasteiger partial charge is 0.356 e. The monoisotopic (exact) mass is 541 g/mol. The molecule has 0 radical (unpaired) electrons. The van der Waals surface area contributed by atoms with E-state index in [2.05, 4.69) is 56.7 Å². The van der Waals surface area contributed by atoms with E-state index in [4.69, 9.17) is 5.14 Å². The van der Waals surface area contributed by atoms with Crippen LogP contribution in [0, 0.1) is 0 Å². The lowest BCUT2D eigenvalue weighted by Crippen LogP contribution is -2.38. The summed E-state index contributed by atoms with van der Waals surface area (Å²) in [6, 6.07) is 17.1. The molecule has 3 aromatic rings. The summed E-state index contributed by atoms with van der Waals surface area (Å²) in [5.41, 5.74) is 2.28. The first-order valence-electron chi connectivity index (χ1n) is 9.57. The van der Waals surface area contributed by atoms with Crippen LogP contribution in [0.2, 0.25) is 0 Å². The van der Waals surface area contributed by atoms with Crippen LogP contribution < -0.4 is 15.8 Å². The number of sulfonamides is 1. The second kappa shape index (κ2) is 11.3. The molecule has 162 valence electrons. The number of nitrogens with zero attached hydrogens (tertiary/aromatic N) is 2. The van der Waals surface area contributed by atoms with E-state index in [-0.39, 0.29) is 28.9 Å². The Labute approximate surface area is 194 Å². The van der Waals surface area contributed by atoms with Crippen molar-refractivity contribution in [1.82, 2.24) is 15.2 Å². The molecule has 0 fully saturated rings. The average molecular weight is 541 g/mol. The highest BCUT2D eigenvalue weighted by atomic mass is 127. The highest BCUT2D eigenvalue weighted by Gasteiger charge is 2.06. The van der Waals surface area contributed by atoms with Gasteiger partial charge in [0.25, 0.3) is 0 Å². The lowest BCUT2D eigenvalue weighted by Gasteiger charge is -2.12. The summed E-state index contributed by atoms with van der Waals surface area (Å²) in [5, 5.41) is 13.0. The molecule has 9 heteroatoms. The minimum absolute atomic E-state index is 0. The van der Waals surface area contributed by atoms with Crippen LogP contribution in [-0.4, -0.2) is 39.1 Å². The van der Waals surface area contributed by atoms with Gasteiger partial charge in [-0.2, -0.15) is 0 Å². The molecule has 0 aliphatic heterocycles. The third-order valence-corrected chi connectivity index (χ3v) is 5.66. The second-order valence-corrected chi connectivity index (χ2v) is 8.35. The molecule has 0 atom stereocenters. The van der Waals surface area contributed by atoms with E-state index in [1.807, 2.05) is 0 Å². The van der Waals surface area contributed by atoms with Gasteiger partial charge in [0.15, 0.2) is 5.96 Å². The fraction of sp³-hybridized carbons (Fsp3) is 0.286. The van der Waals surface area contributed by atoms with E-state index in [0.717, 1.165) is 37.5 Å². The Morgan fingerprint density at radius 1 is 1.03 bits per heavy atom. The summed E-state index contributed by atoms with van der Waals surface area (Å²) in [6.45, 7) is 2.44. The molecule has 0 bridgehead atoms. The molecule has 1 heterocycles. The Bertz CT molecular complexity index is 1080. The van der Waals surface area contributed by atoms with Gasteiger partial charge >= 0.3 is 0 Å². The number of para-hydroxylation sites is 1. The summed E-state index contributed by atoms with van der Waals surface area (Å²) in [5.74, 6) is 0.753. The predicted molar refractivity (Wildman–Crippen MR) is 133 cm³/mol. The molecule has 3 rings (SSSR count). The summed E-state index contributed by atoms with van der Waals surface area (Å²) >= 11 is 0. The standard InChI is InChI=1S/C21H27N5O2S.HI/c1-23-21(25-14-11-17-7-9-19(10-8-17)29(22,27)28)24-13-4-15-26-16-12-18-5-2-3-6-20(18)26;/h2-3,5-10,12,16H,4,11,13-15H2,1H3,(H2,22,27,28)(H2,23,24,25);1H. The minimum atomic E-state index is -3.65. The molecular weight excluding hydrogens is 513 g/mol. The van der Waals surface area contributed by atoms with Crippen molar-refractivity contribution >= 4 is 50.9 Å². The van der Waals surface area contributed by atoms with Gasteiger partial charge < -0.3 is 15.2 Å². The van der Waals surface area contributed by atoms with E-state index in [0.29, 0.717) is 6.54 Å². The Morgan fingerprint density at radius 3 is 2.43 bits per heavy atom. The molecule has 0 aliphatic carbocycles. The SMILES string of the molecule is CN=C(NCCCn1ccc2ccccc21)NCCc1ccc(S(N)(=O)=O)cc1.I. The van der Waals surface area contributed by atoms with Gasteiger partial charge in [-0.25, -0.2) is 13.6 Å². The average Bonchev–Trinajstić information content (AvgIpc) is 3.12. The van der Waals surface area contributed by atoms with Crippen LogP contribution >= 0.6 is 24.0 Å². The van der Waals surface area contributed by atoms with Gasteiger partial charge in [-0.3, -0.25) is 4.99 Å². The van der Waals surface area contributed by atoms with Gasteiger partial charge in [0.1, 0.15) is 0 Å². The van der Waals surface area contributed by atoms with Gasteiger partial charge in [-0.1, -0.05) is 30.3 Å². The second-order valence-electron chi connectivity index (χ2n) is 6.79. The summed E-state index contributed by atoms with van der Waals surface area (Å²) in [7, 11) is -1.90. The van der Waals surface area contributed by atoms with Crippen molar-refractivity contribution in [1.29, 1.82) is 0 Å². The van der Waals surface area contributed by atoms with Crippen molar-refractivity contribution in [2.24, 2.45) is 10.1 Å². The van der Waals surface area contributed by atoms with Crippen LogP contribution in [0.3, 0.4) is 0 Å². The number of primary sulfonamides is 1. The van der Waals surface area contributed by atoms with E-state index in [9.17, 15) is 8.42 Å². The molecule has 2 aromatic carbocycles. The van der Waals surface area contributed by atoms with Crippen LogP contribution in [0.25, 0.3) is 10.9 Å². The zero-order valence-corrected chi connectivity index (χ0v) is 20.1. The highest BCUT2D eigenvalue weighted by Crippen LogP contribution is 2.15. The number of halogens is 1. The molecular formula is C21H28IN5O2S. The number of aromatic nitrogens is 1. The van der Waals surface area contributed by atoms with E-state index >= 15 is 0 Å². The molecule has 7 nitrogen and oxygen atoms in total. The lowest BCUT2D eigenvalue weighted by atomic mass is 10.1. The molecule has 0 saturated carbocycles. The topological polar surface area (TPSA) is 102 Å². The predicted octanol–water partition coefficient (Wildman–Crippen LogP) is 2.70. The van der Waals surface area contributed by atoms with Crippen molar-refractivity contribution in [2.45, 2.75) is 24.3 Å². The summed E-state index contributed by atoms with van der Waals surface area (Å²) < 4.78 is 24.8. The quantitative estimate of drug-likeness (QED) is 0.177. The Balaban J connectivity index is 0.00000320. The van der Waals surface area contributed by atoms with Crippen LogP contribution in [0.4, 0.5) is 0 Å². The van der Waals surface area contributed by atoms with Crippen molar-refractivity contribution in [3.8, 4) is 0 Å². The maximum absolute atomic E-state index is 11.3. The number of hydrogen-bond donors (Lipinski definition) is 3. The van der Waals surface area contributed by atoms with Crippen molar-refractivity contribution in [3.63, 3.8) is 0 Å². The van der Waals surface area contributed by atoms with Crippen molar-refractivity contribution in [2.75, 3.05) is 20.1 Å². The molecule has 0 saturated heterocycles. The lowest BCUT2D eigenvalue weighted by molar-refractivity contribution is 0.598. The number of rotatable bonds is 8. The zero-order chi connectivity index (χ0) is 20.7. The minimum Gasteiger partial charge on any atom is -0.356 e. The molecule has 0 amide bonds. The number of nitrogens with two attached hydrogens (primary N) is 1. The van der Waals surface area contributed by atoms with Gasteiger partial charge in [-0.15, -0.1) is 24.0 Å². The third-order valence-electron chi connectivity index (χ3n) is 4.73. The fourth-order valence-electron chi connectivity index (χ4n) is 3.18. The normalized spacial score (nSPS) is 11.9. The number of aryl methyl sites for hydroxylation is 1. The van der Waals surface area contributed by atoms with Crippen molar-refractivity contribution < 1.29 is 8.42 Å². The Hall–Kier alpha value is -2.11. The smallest absolute Gasteiger partial charge is 0.238 e. The van der Waals surface area contributed by atoms with Crippen LogP contribution in [-0.2, 0) is 23.0 Å². The number of nitrogens with one attached hydrogen (secondary N) is 2. The highest BCUT2D eigenvalue weighted by molar-refractivity contribution is 14.0. The van der Waals surface area contributed by atoms with Gasteiger partial charge in [0, 0.05) is 38.4 Å². The molecule has 30 heavy (non-hydrogen) atoms. The van der Waals surface area contributed by atoms with Crippen LogP contribution in [0.5, 0.6) is 0 Å². The molecule has 0 spiro atoms. The van der Waals surface area contributed by atoms with E-state index in [1.54, 1.807) is 19.2 Å².